The number of piperidine rings is 1. The molecular weight excluding hydrogens is 312 g/mol. The number of benzene rings is 1. The standard InChI is InChI=1S/C14H15ClN2O3S/c15-12-5-6-13(11-4-1-7-16-14(11)12)21(19,20)17-8-2-3-10(18)9-17/h1,4-7,10,18H,2-3,8-9H2. The monoisotopic (exact) mass is 326 g/mol. The lowest BCUT2D eigenvalue weighted by atomic mass is 10.1. The number of fused-ring (bicyclic) bond motifs is 1. The maximum Gasteiger partial charge on any atom is 0.243 e. The summed E-state index contributed by atoms with van der Waals surface area (Å²) >= 11 is 6.08. The zero-order valence-electron chi connectivity index (χ0n) is 11.2. The summed E-state index contributed by atoms with van der Waals surface area (Å²) in [4.78, 5) is 4.34. The van der Waals surface area contributed by atoms with Crippen molar-refractivity contribution in [1.82, 2.24) is 9.29 Å². The Kier molecular flexibility index (Phi) is 3.88. The molecule has 1 aromatic carbocycles. The van der Waals surface area contributed by atoms with Crippen LogP contribution in [0.15, 0.2) is 35.4 Å². The highest BCUT2D eigenvalue weighted by Crippen LogP contribution is 2.30. The van der Waals surface area contributed by atoms with Gasteiger partial charge < -0.3 is 5.11 Å². The lowest BCUT2D eigenvalue weighted by Gasteiger charge is -2.29. The molecule has 1 aliphatic heterocycles. The largest absolute Gasteiger partial charge is 0.392 e. The van der Waals surface area contributed by atoms with Gasteiger partial charge in [-0.15, -0.1) is 0 Å². The summed E-state index contributed by atoms with van der Waals surface area (Å²) in [5, 5.41) is 10.6. The SMILES string of the molecule is O=S(=O)(c1ccc(Cl)c2ncccc12)N1CCCC(O)C1. The van der Waals surface area contributed by atoms with Crippen molar-refractivity contribution in [1.29, 1.82) is 0 Å². The second-order valence-electron chi connectivity index (χ2n) is 5.10. The maximum absolute atomic E-state index is 12.8. The van der Waals surface area contributed by atoms with Crippen LogP contribution >= 0.6 is 11.6 Å². The maximum atomic E-state index is 12.8. The van der Waals surface area contributed by atoms with E-state index in [2.05, 4.69) is 4.98 Å². The highest BCUT2D eigenvalue weighted by Gasteiger charge is 2.30. The number of nitrogens with zero attached hydrogens (tertiary/aromatic N) is 2. The molecule has 2 heterocycles. The Labute approximate surface area is 128 Å². The predicted molar refractivity (Wildman–Crippen MR) is 80.8 cm³/mol. The molecule has 1 saturated heterocycles. The molecule has 1 N–H and O–H groups in total. The van der Waals surface area contributed by atoms with Gasteiger partial charge >= 0.3 is 0 Å². The van der Waals surface area contributed by atoms with Crippen LogP contribution in [-0.2, 0) is 10.0 Å². The van der Waals surface area contributed by atoms with Crippen molar-refractivity contribution < 1.29 is 13.5 Å². The van der Waals surface area contributed by atoms with E-state index in [0.717, 1.165) is 0 Å². The Morgan fingerprint density at radius 3 is 2.90 bits per heavy atom. The summed E-state index contributed by atoms with van der Waals surface area (Å²) in [5.74, 6) is 0. The van der Waals surface area contributed by atoms with Crippen LogP contribution < -0.4 is 0 Å². The van der Waals surface area contributed by atoms with E-state index in [4.69, 9.17) is 11.6 Å². The number of aromatic nitrogens is 1. The average Bonchev–Trinajstić information content (AvgIpc) is 2.47. The zero-order valence-corrected chi connectivity index (χ0v) is 12.8. The van der Waals surface area contributed by atoms with Gasteiger partial charge in [0.25, 0.3) is 0 Å². The summed E-state index contributed by atoms with van der Waals surface area (Å²) < 4.78 is 26.9. The molecule has 1 unspecified atom stereocenters. The van der Waals surface area contributed by atoms with Crippen LogP contribution in [0.25, 0.3) is 10.9 Å². The molecular formula is C14H15ClN2O3S. The molecule has 5 nitrogen and oxygen atoms in total. The van der Waals surface area contributed by atoms with Gasteiger partial charge in [-0.25, -0.2) is 8.42 Å². The molecule has 1 aromatic heterocycles. The Morgan fingerprint density at radius 1 is 1.33 bits per heavy atom. The molecule has 0 aliphatic carbocycles. The molecule has 0 saturated carbocycles. The summed E-state index contributed by atoms with van der Waals surface area (Å²) in [5.41, 5.74) is 0.470. The Balaban J connectivity index is 2.13. The topological polar surface area (TPSA) is 70.5 Å². The molecule has 1 atom stereocenters. The highest BCUT2D eigenvalue weighted by molar-refractivity contribution is 7.89. The van der Waals surface area contributed by atoms with Gasteiger partial charge in [0.15, 0.2) is 0 Å². The third-order valence-corrected chi connectivity index (χ3v) is 5.89. The van der Waals surface area contributed by atoms with E-state index in [1.54, 1.807) is 24.4 Å². The van der Waals surface area contributed by atoms with Crippen molar-refractivity contribution >= 4 is 32.5 Å². The minimum Gasteiger partial charge on any atom is -0.392 e. The molecule has 0 bridgehead atoms. The normalized spacial score (nSPS) is 20.8. The van der Waals surface area contributed by atoms with Crippen LogP contribution in [0.2, 0.25) is 5.02 Å². The Morgan fingerprint density at radius 2 is 2.14 bits per heavy atom. The van der Waals surface area contributed by atoms with E-state index in [9.17, 15) is 13.5 Å². The van der Waals surface area contributed by atoms with Crippen molar-refractivity contribution in [3.63, 3.8) is 0 Å². The van der Waals surface area contributed by atoms with Crippen LogP contribution in [0.1, 0.15) is 12.8 Å². The second kappa shape index (κ2) is 5.53. The minimum atomic E-state index is -3.66. The van der Waals surface area contributed by atoms with Gasteiger partial charge in [-0.1, -0.05) is 11.6 Å². The van der Waals surface area contributed by atoms with Crippen LogP contribution in [-0.4, -0.2) is 42.0 Å². The first kappa shape index (κ1) is 14.7. The van der Waals surface area contributed by atoms with E-state index < -0.39 is 16.1 Å². The average molecular weight is 327 g/mol. The Hall–Kier alpha value is -1.21. The van der Waals surface area contributed by atoms with E-state index in [0.29, 0.717) is 35.3 Å². The molecule has 1 fully saturated rings. The lowest BCUT2D eigenvalue weighted by molar-refractivity contribution is 0.108. The number of rotatable bonds is 2. The number of aliphatic hydroxyl groups is 1. The molecule has 0 amide bonds. The first-order valence-corrected chi connectivity index (χ1v) is 8.53. The summed E-state index contributed by atoms with van der Waals surface area (Å²) in [7, 11) is -3.66. The fourth-order valence-corrected chi connectivity index (χ4v) is 4.53. The van der Waals surface area contributed by atoms with Crippen molar-refractivity contribution in [3.05, 3.63) is 35.5 Å². The van der Waals surface area contributed by atoms with Crippen LogP contribution in [0.4, 0.5) is 0 Å². The van der Waals surface area contributed by atoms with Crippen LogP contribution in [0, 0.1) is 0 Å². The lowest BCUT2D eigenvalue weighted by Crippen LogP contribution is -2.42. The van der Waals surface area contributed by atoms with Crippen LogP contribution in [0.3, 0.4) is 0 Å². The minimum absolute atomic E-state index is 0.132. The van der Waals surface area contributed by atoms with E-state index >= 15 is 0 Å². The number of hydrogen-bond donors (Lipinski definition) is 1. The van der Waals surface area contributed by atoms with Gasteiger partial charge in [-0.3, -0.25) is 4.98 Å². The van der Waals surface area contributed by atoms with Crippen molar-refractivity contribution in [2.24, 2.45) is 0 Å². The number of pyridine rings is 1. The molecule has 0 spiro atoms. The first-order valence-electron chi connectivity index (χ1n) is 6.71. The van der Waals surface area contributed by atoms with Crippen molar-refractivity contribution in [2.45, 2.75) is 23.8 Å². The van der Waals surface area contributed by atoms with E-state index in [1.807, 2.05) is 0 Å². The number of aliphatic hydroxyl groups excluding tert-OH is 1. The highest BCUT2D eigenvalue weighted by atomic mass is 35.5. The van der Waals surface area contributed by atoms with Gasteiger partial charge in [0.2, 0.25) is 10.0 Å². The van der Waals surface area contributed by atoms with Gasteiger partial charge in [0.05, 0.1) is 21.5 Å². The fourth-order valence-electron chi connectivity index (χ4n) is 2.62. The molecule has 3 rings (SSSR count). The van der Waals surface area contributed by atoms with E-state index in [-0.39, 0.29) is 11.4 Å². The fraction of sp³-hybridized carbons (Fsp3) is 0.357. The number of sulfonamides is 1. The van der Waals surface area contributed by atoms with Gasteiger partial charge in [0.1, 0.15) is 0 Å². The molecule has 0 radical (unpaired) electrons. The first-order chi connectivity index (χ1) is 10.00. The number of halogens is 1. The third-order valence-electron chi connectivity index (χ3n) is 3.66. The quantitative estimate of drug-likeness (QED) is 0.916. The van der Waals surface area contributed by atoms with Crippen molar-refractivity contribution in [2.75, 3.05) is 13.1 Å². The summed E-state index contributed by atoms with van der Waals surface area (Å²) in [6.07, 6.45) is 2.26. The zero-order chi connectivity index (χ0) is 15.0. The van der Waals surface area contributed by atoms with Gasteiger partial charge in [-0.05, 0) is 37.1 Å². The molecule has 112 valence electrons. The van der Waals surface area contributed by atoms with Gasteiger partial charge in [0, 0.05) is 24.7 Å². The second-order valence-corrected chi connectivity index (χ2v) is 7.42. The third kappa shape index (κ3) is 2.64. The van der Waals surface area contributed by atoms with E-state index in [1.165, 1.54) is 10.4 Å². The molecule has 2 aromatic rings. The van der Waals surface area contributed by atoms with Crippen molar-refractivity contribution in [3.8, 4) is 0 Å². The van der Waals surface area contributed by atoms with Gasteiger partial charge in [-0.2, -0.15) is 4.31 Å². The number of β-amino-alcohol motifs (C(OH)–C–C–N with tert-alkyl or cyclic N) is 1. The predicted octanol–water partition coefficient (Wildman–Crippen LogP) is 2.03. The Bertz CT molecular complexity index is 779. The smallest absolute Gasteiger partial charge is 0.243 e. The molecule has 7 heteroatoms. The summed E-state index contributed by atoms with van der Waals surface area (Å²) in [6, 6.07) is 6.43. The van der Waals surface area contributed by atoms with Crippen LogP contribution in [0.5, 0.6) is 0 Å². The molecule has 21 heavy (non-hydrogen) atoms. The number of hydrogen-bond acceptors (Lipinski definition) is 4. The molecule has 1 aliphatic rings. The summed E-state index contributed by atoms with van der Waals surface area (Å²) in [6.45, 7) is 0.552.